The Hall–Kier alpha value is -1.91. The Morgan fingerprint density at radius 2 is 1.91 bits per heavy atom. The molecule has 1 aromatic carbocycles. The molecule has 32 heavy (non-hydrogen) atoms. The van der Waals surface area contributed by atoms with Crippen molar-refractivity contribution in [3.8, 4) is 0 Å². The van der Waals surface area contributed by atoms with Crippen molar-refractivity contribution in [1.29, 1.82) is 0 Å². The number of aromatic nitrogens is 1. The Balaban J connectivity index is 0.00000289. The quantitative estimate of drug-likeness (QED) is 0.359. The van der Waals surface area contributed by atoms with Crippen LogP contribution in [0.2, 0.25) is 0 Å². The molecule has 2 aliphatic rings. The molecule has 2 fully saturated rings. The zero-order valence-electron chi connectivity index (χ0n) is 19.3. The number of hydrogen-bond donors (Lipinski definition) is 1. The molecule has 2 saturated heterocycles. The predicted molar refractivity (Wildman–Crippen MR) is 141 cm³/mol. The van der Waals surface area contributed by atoms with Crippen molar-refractivity contribution in [3.05, 3.63) is 59.3 Å². The predicted octanol–water partition coefficient (Wildman–Crippen LogP) is 2.91. The van der Waals surface area contributed by atoms with Crippen molar-refractivity contribution in [2.45, 2.75) is 19.6 Å². The summed E-state index contributed by atoms with van der Waals surface area (Å²) in [5, 5.41) is 3.57. The molecule has 0 bridgehead atoms. The first-order valence-corrected chi connectivity index (χ1v) is 11.2. The average Bonchev–Trinajstić information content (AvgIpc) is 2.81. The lowest BCUT2D eigenvalue weighted by molar-refractivity contribution is -0.00833. The highest BCUT2D eigenvalue weighted by molar-refractivity contribution is 14.0. The van der Waals surface area contributed by atoms with Crippen LogP contribution in [-0.4, -0.2) is 80.7 Å². The molecule has 1 aromatic heterocycles. The normalized spacial score (nSPS) is 20.1. The van der Waals surface area contributed by atoms with E-state index in [9.17, 15) is 0 Å². The van der Waals surface area contributed by atoms with E-state index in [0.717, 1.165) is 51.0 Å². The summed E-state index contributed by atoms with van der Waals surface area (Å²) < 4.78 is 6.09. The largest absolute Gasteiger partial charge is 0.370 e. The van der Waals surface area contributed by atoms with Crippen molar-refractivity contribution >= 4 is 35.8 Å². The minimum Gasteiger partial charge on any atom is -0.370 e. The summed E-state index contributed by atoms with van der Waals surface area (Å²) in [7, 11) is 4.03. The standard InChI is InChI=1S/C24H34N6O.HI/c1-19-7-4-5-9-21(19)22-18-30(15-16-31-22)24(25-2)27-17-20-8-6-10-26-23(20)29-13-11-28(3)12-14-29;/h4-10,22H,11-18H2,1-3H3,(H,25,27);1H. The molecule has 0 saturated carbocycles. The Labute approximate surface area is 208 Å². The molecule has 8 heteroatoms. The molecule has 0 spiro atoms. The zero-order chi connectivity index (χ0) is 21.6. The number of pyridine rings is 1. The number of anilines is 1. The summed E-state index contributed by atoms with van der Waals surface area (Å²) in [6.45, 7) is 9.33. The molecule has 1 N–H and O–H groups in total. The van der Waals surface area contributed by atoms with Crippen LogP contribution in [0.3, 0.4) is 0 Å². The lowest BCUT2D eigenvalue weighted by Crippen LogP contribution is -2.48. The molecule has 2 aromatic rings. The molecule has 174 valence electrons. The van der Waals surface area contributed by atoms with Gasteiger partial charge in [-0.1, -0.05) is 30.3 Å². The SMILES string of the molecule is CN=C(NCc1cccnc1N1CCN(C)CC1)N1CCOC(c2ccccc2C)C1.I. The van der Waals surface area contributed by atoms with Gasteiger partial charge in [0, 0.05) is 58.1 Å². The smallest absolute Gasteiger partial charge is 0.194 e. The van der Waals surface area contributed by atoms with Crippen LogP contribution in [0.4, 0.5) is 5.82 Å². The van der Waals surface area contributed by atoms with Gasteiger partial charge in [-0.05, 0) is 31.2 Å². The van der Waals surface area contributed by atoms with Crippen LogP contribution in [0.5, 0.6) is 0 Å². The van der Waals surface area contributed by atoms with E-state index in [4.69, 9.17) is 9.72 Å². The molecule has 0 radical (unpaired) electrons. The number of guanidine groups is 1. The van der Waals surface area contributed by atoms with Crippen LogP contribution in [0.25, 0.3) is 0 Å². The van der Waals surface area contributed by atoms with Crippen molar-refractivity contribution in [2.24, 2.45) is 4.99 Å². The Morgan fingerprint density at radius 3 is 2.66 bits per heavy atom. The number of halogens is 1. The molecule has 1 atom stereocenters. The maximum Gasteiger partial charge on any atom is 0.194 e. The monoisotopic (exact) mass is 550 g/mol. The lowest BCUT2D eigenvalue weighted by atomic mass is 10.0. The summed E-state index contributed by atoms with van der Waals surface area (Å²) in [5.74, 6) is 1.99. The number of aryl methyl sites for hydroxylation is 1. The number of nitrogens with zero attached hydrogens (tertiary/aromatic N) is 5. The fraction of sp³-hybridized carbons (Fsp3) is 0.500. The summed E-state index contributed by atoms with van der Waals surface area (Å²) in [5.41, 5.74) is 3.73. The number of piperazine rings is 1. The molecule has 0 amide bonds. The molecular weight excluding hydrogens is 515 g/mol. The van der Waals surface area contributed by atoms with Gasteiger partial charge in [-0.15, -0.1) is 24.0 Å². The third kappa shape index (κ3) is 5.90. The summed E-state index contributed by atoms with van der Waals surface area (Å²) in [6.07, 6.45) is 1.95. The van der Waals surface area contributed by atoms with Crippen LogP contribution < -0.4 is 10.2 Å². The van der Waals surface area contributed by atoms with Crippen molar-refractivity contribution in [1.82, 2.24) is 20.1 Å². The van der Waals surface area contributed by atoms with Crippen LogP contribution in [0.1, 0.15) is 22.8 Å². The van der Waals surface area contributed by atoms with Gasteiger partial charge in [0.05, 0.1) is 13.2 Å². The van der Waals surface area contributed by atoms with Crippen LogP contribution in [0.15, 0.2) is 47.6 Å². The molecule has 2 aliphatic heterocycles. The molecular formula is C24H35IN6O. The molecule has 1 unspecified atom stereocenters. The minimum atomic E-state index is 0. The minimum absolute atomic E-state index is 0. The average molecular weight is 550 g/mol. The van der Waals surface area contributed by atoms with Crippen LogP contribution in [-0.2, 0) is 11.3 Å². The van der Waals surface area contributed by atoms with Gasteiger partial charge >= 0.3 is 0 Å². The van der Waals surface area contributed by atoms with E-state index < -0.39 is 0 Å². The second kappa shape index (κ2) is 11.8. The molecule has 4 rings (SSSR count). The number of ether oxygens (including phenoxy) is 1. The van der Waals surface area contributed by atoms with Crippen molar-refractivity contribution < 1.29 is 4.74 Å². The highest BCUT2D eigenvalue weighted by Gasteiger charge is 2.25. The second-order valence-corrected chi connectivity index (χ2v) is 8.34. The Bertz CT molecular complexity index is 900. The number of nitrogens with one attached hydrogen (secondary N) is 1. The maximum absolute atomic E-state index is 6.09. The molecule has 7 nitrogen and oxygen atoms in total. The highest BCUT2D eigenvalue weighted by Crippen LogP contribution is 2.25. The lowest BCUT2D eigenvalue weighted by Gasteiger charge is -2.36. The van der Waals surface area contributed by atoms with Gasteiger partial charge in [-0.3, -0.25) is 4.99 Å². The van der Waals surface area contributed by atoms with E-state index in [1.165, 1.54) is 16.7 Å². The van der Waals surface area contributed by atoms with Crippen molar-refractivity contribution in [2.75, 3.05) is 64.9 Å². The van der Waals surface area contributed by atoms with Gasteiger partial charge in [0.1, 0.15) is 11.9 Å². The third-order valence-electron chi connectivity index (χ3n) is 6.22. The Kier molecular flexibility index (Phi) is 9.12. The number of likely N-dealkylation sites (N-methyl/N-ethyl adjacent to an activating group) is 1. The number of morpholine rings is 1. The van der Waals surface area contributed by atoms with Gasteiger partial charge in [0.25, 0.3) is 0 Å². The van der Waals surface area contributed by atoms with E-state index in [2.05, 4.69) is 69.3 Å². The number of aliphatic imine (C=N–C) groups is 1. The first-order chi connectivity index (χ1) is 15.2. The van der Waals surface area contributed by atoms with E-state index in [-0.39, 0.29) is 30.1 Å². The fourth-order valence-corrected chi connectivity index (χ4v) is 4.36. The fourth-order valence-electron chi connectivity index (χ4n) is 4.36. The first-order valence-electron chi connectivity index (χ1n) is 11.2. The highest BCUT2D eigenvalue weighted by atomic mass is 127. The first kappa shape index (κ1) is 24.7. The van der Waals surface area contributed by atoms with E-state index >= 15 is 0 Å². The van der Waals surface area contributed by atoms with Gasteiger partial charge in [0.15, 0.2) is 5.96 Å². The molecule has 0 aliphatic carbocycles. The zero-order valence-corrected chi connectivity index (χ0v) is 21.7. The second-order valence-electron chi connectivity index (χ2n) is 8.34. The van der Waals surface area contributed by atoms with Gasteiger partial charge in [0.2, 0.25) is 0 Å². The summed E-state index contributed by atoms with van der Waals surface area (Å²) >= 11 is 0. The Morgan fingerprint density at radius 1 is 1.12 bits per heavy atom. The van der Waals surface area contributed by atoms with Crippen molar-refractivity contribution in [3.63, 3.8) is 0 Å². The summed E-state index contributed by atoms with van der Waals surface area (Å²) in [4.78, 5) is 16.3. The molecule has 3 heterocycles. The van der Waals surface area contributed by atoms with E-state index in [0.29, 0.717) is 13.2 Å². The number of hydrogen-bond acceptors (Lipinski definition) is 5. The third-order valence-corrected chi connectivity index (χ3v) is 6.22. The van der Waals surface area contributed by atoms with Crippen LogP contribution in [0, 0.1) is 6.92 Å². The maximum atomic E-state index is 6.09. The van der Waals surface area contributed by atoms with E-state index in [1.54, 1.807) is 0 Å². The van der Waals surface area contributed by atoms with Gasteiger partial charge in [-0.25, -0.2) is 4.98 Å². The van der Waals surface area contributed by atoms with E-state index in [1.807, 2.05) is 19.3 Å². The van der Waals surface area contributed by atoms with Gasteiger partial charge in [-0.2, -0.15) is 0 Å². The number of rotatable bonds is 4. The number of benzene rings is 1. The van der Waals surface area contributed by atoms with Crippen LogP contribution >= 0.6 is 24.0 Å². The summed E-state index contributed by atoms with van der Waals surface area (Å²) in [6, 6.07) is 12.6. The van der Waals surface area contributed by atoms with Gasteiger partial charge < -0.3 is 24.8 Å². The topological polar surface area (TPSA) is 56.2 Å².